The first kappa shape index (κ1) is 23.5. The van der Waals surface area contributed by atoms with E-state index in [1.807, 2.05) is 42.5 Å². The topological polar surface area (TPSA) is 105 Å². The number of thioether (sulfide) groups is 1. The summed E-state index contributed by atoms with van der Waals surface area (Å²) < 4.78 is 7.78. The number of hydrogen-bond acceptors (Lipinski definition) is 6. The molecule has 0 aliphatic carbocycles. The van der Waals surface area contributed by atoms with E-state index in [9.17, 15) is 15.4 Å². The third-order valence-electron chi connectivity index (χ3n) is 4.53. The van der Waals surface area contributed by atoms with Crippen LogP contribution in [0.15, 0.2) is 70.7 Å². The Balaban J connectivity index is 1.49. The number of nitrogens with one attached hydrogen (secondary N) is 1. The first-order chi connectivity index (χ1) is 15.9. The van der Waals surface area contributed by atoms with Crippen LogP contribution in [0.2, 0.25) is 0 Å². The predicted molar refractivity (Wildman–Crippen MR) is 145 cm³/mol. The lowest BCUT2D eigenvalue weighted by atomic mass is 10.2. The van der Waals surface area contributed by atoms with Gasteiger partial charge in [0.2, 0.25) is 0 Å². The summed E-state index contributed by atoms with van der Waals surface area (Å²) in [6.07, 6.45) is 1.82. The molecule has 3 aromatic carbocycles. The number of nitriles is 1. The molecule has 164 valence electrons. The largest absolute Gasteiger partial charge is 0.487 e. The summed E-state index contributed by atoms with van der Waals surface area (Å²) >= 11 is 5.69. The summed E-state index contributed by atoms with van der Waals surface area (Å²) in [5.41, 5.74) is 3.55. The number of nitro benzene ring substituents is 1. The van der Waals surface area contributed by atoms with Gasteiger partial charge in [0, 0.05) is 12.1 Å². The maximum absolute atomic E-state index is 10.8. The van der Waals surface area contributed by atoms with Crippen LogP contribution in [0, 0.1) is 28.6 Å². The lowest BCUT2D eigenvalue weighted by Gasteiger charge is -2.12. The van der Waals surface area contributed by atoms with Crippen molar-refractivity contribution in [3.63, 3.8) is 0 Å². The van der Waals surface area contributed by atoms with Crippen molar-refractivity contribution in [3.8, 4) is 11.8 Å². The molecular formula is C23H14I2N4O3S. The number of H-pyrrole nitrogens is 1. The fourth-order valence-corrected chi connectivity index (χ4v) is 5.87. The molecule has 0 bridgehead atoms. The summed E-state index contributed by atoms with van der Waals surface area (Å²) in [5, 5.41) is 21.1. The number of hydrogen-bond donors (Lipinski definition) is 1. The Morgan fingerprint density at radius 1 is 1.18 bits per heavy atom. The Hall–Kier alpha value is -2.63. The molecule has 0 aliphatic heterocycles. The average Bonchev–Trinajstić information content (AvgIpc) is 3.20. The van der Waals surface area contributed by atoms with E-state index in [0.717, 1.165) is 35.1 Å². The number of non-ortho nitro benzene ring substituents is 1. The first-order valence-electron chi connectivity index (χ1n) is 9.52. The number of ether oxygens (including phenoxy) is 1. The van der Waals surface area contributed by atoms with Gasteiger partial charge in [0.1, 0.15) is 18.4 Å². The normalized spacial score (nSPS) is 11.4. The van der Waals surface area contributed by atoms with E-state index in [0.29, 0.717) is 16.7 Å². The highest BCUT2D eigenvalue weighted by atomic mass is 127. The Morgan fingerprint density at radius 3 is 2.52 bits per heavy atom. The fourth-order valence-electron chi connectivity index (χ4n) is 2.99. The third kappa shape index (κ3) is 5.84. The first-order valence-corrected chi connectivity index (χ1v) is 12.5. The summed E-state index contributed by atoms with van der Waals surface area (Å²) in [5.74, 6) is 0.732. The standard InChI is InChI=1S/C23H14I2N4O3S/c24-18-10-15(9-17(12-26)33-23-27-20-3-1-2-4-21(20)28-23)11-19(25)22(18)32-13-14-5-7-16(8-6-14)29(30)31/h1-11H,13H2,(H,27,28)/b17-9+. The number of nitrogens with zero attached hydrogens (tertiary/aromatic N) is 3. The molecule has 4 aromatic rings. The van der Waals surface area contributed by atoms with Gasteiger partial charge in [-0.25, -0.2) is 4.98 Å². The lowest BCUT2D eigenvalue weighted by molar-refractivity contribution is -0.384. The van der Waals surface area contributed by atoms with Crippen molar-refractivity contribution >= 4 is 79.7 Å². The van der Waals surface area contributed by atoms with E-state index < -0.39 is 4.92 Å². The molecule has 10 heteroatoms. The van der Waals surface area contributed by atoms with Gasteiger partial charge in [-0.2, -0.15) is 5.26 Å². The van der Waals surface area contributed by atoms with Crippen LogP contribution in [0.25, 0.3) is 17.1 Å². The van der Waals surface area contributed by atoms with Crippen LogP contribution in [0.5, 0.6) is 5.75 Å². The molecule has 0 aliphatic rings. The fraction of sp³-hybridized carbons (Fsp3) is 0.0435. The van der Waals surface area contributed by atoms with E-state index in [-0.39, 0.29) is 5.69 Å². The molecule has 0 unspecified atom stereocenters. The molecule has 7 nitrogen and oxygen atoms in total. The number of para-hydroxylation sites is 2. The predicted octanol–water partition coefficient (Wildman–Crippen LogP) is 6.92. The van der Waals surface area contributed by atoms with Crippen molar-refractivity contribution in [1.82, 2.24) is 9.97 Å². The van der Waals surface area contributed by atoms with Gasteiger partial charge in [0.05, 0.1) is 28.0 Å². The molecule has 0 spiro atoms. The SMILES string of the molecule is N#C/C(=C\c1cc(I)c(OCc2ccc([N+](=O)[O-])cc2)c(I)c1)Sc1nc2ccccc2[nH]1. The van der Waals surface area contributed by atoms with Crippen LogP contribution in [0.4, 0.5) is 5.69 Å². The molecule has 4 rings (SSSR count). The minimum Gasteiger partial charge on any atom is -0.487 e. The minimum atomic E-state index is -0.426. The van der Waals surface area contributed by atoms with Gasteiger partial charge in [-0.15, -0.1) is 0 Å². The number of allylic oxidation sites excluding steroid dienone is 1. The van der Waals surface area contributed by atoms with Crippen molar-refractivity contribution in [1.29, 1.82) is 5.26 Å². The van der Waals surface area contributed by atoms with Crippen LogP contribution in [-0.4, -0.2) is 14.9 Å². The van der Waals surface area contributed by atoms with Gasteiger partial charge in [0.15, 0.2) is 5.16 Å². The molecule has 33 heavy (non-hydrogen) atoms. The molecule has 0 radical (unpaired) electrons. The van der Waals surface area contributed by atoms with Gasteiger partial charge < -0.3 is 9.72 Å². The molecular weight excluding hydrogens is 666 g/mol. The highest BCUT2D eigenvalue weighted by Gasteiger charge is 2.12. The van der Waals surface area contributed by atoms with Gasteiger partial charge in [0.25, 0.3) is 5.69 Å². The van der Waals surface area contributed by atoms with Crippen LogP contribution in [0.3, 0.4) is 0 Å². The number of rotatable bonds is 7. The second kappa shape index (κ2) is 10.5. The monoisotopic (exact) mass is 680 g/mol. The summed E-state index contributed by atoms with van der Waals surface area (Å²) in [4.78, 5) is 18.6. The highest BCUT2D eigenvalue weighted by Crippen LogP contribution is 2.33. The maximum Gasteiger partial charge on any atom is 0.269 e. The van der Waals surface area contributed by atoms with Crippen LogP contribution >= 0.6 is 56.9 Å². The maximum atomic E-state index is 10.8. The summed E-state index contributed by atoms with van der Waals surface area (Å²) in [7, 11) is 0. The second-order valence-electron chi connectivity index (χ2n) is 6.81. The average molecular weight is 680 g/mol. The number of nitro groups is 1. The Morgan fingerprint density at radius 2 is 1.88 bits per heavy atom. The van der Waals surface area contributed by atoms with Crippen molar-refractivity contribution in [3.05, 3.63) is 94.0 Å². The van der Waals surface area contributed by atoms with E-state index in [4.69, 9.17) is 4.74 Å². The van der Waals surface area contributed by atoms with Gasteiger partial charge in [-0.3, -0.25) is 10.1 Å². The molecule has 1 heterocycles. The summed E-state index contributed by atoms with van der Waals surface area (Å²) in [6, 6.07) is 20.2. The zero-order chi connectivity index (χ0) is 23.4. The van der Waals surface area contributed by atoms with Crippen LogP contribution in [-0.2, 0) is 6.61 Å². The van der Waals surface area contributed by atoms with Crippen LogP contribution in [0.1, 0.15) is 11.1 Å². The van der Waals surface area contributed by atoms with Gasteiger partial charge in [-0.05, 0) is 111 Å². The van der Waals surface area contributed by atoms with E-state index in [1.54, 1.807) is 12.1 Å². The molecule has 0 atom stereocenters. The second-order valence-corrected chi connectivity index (χ2v) is 10.2. The number of benzene rings is 3. The number of fused-ring (bicyclic) bond motifs is 1. The number of aromatic amines is 1. The quantitative estimate of drug-likeness (QED) is 0.0748. The number of aromatic nitrogens is 2. The smallest absolute Gasteiger partial charge is 0.269 e. The van der Waals surface area contributed by atoms with Gasteiger partial charge in [-0.1, -0.05) is 12.1 Å². The molecule has 0 saturated heterocycles. The van der Waals surface area contributed by atoms with Gasteiger partial charge >= 0.3 is 0 Å². The molecule has 0 fully saturated rings. The third-order valence-corrected chi connectivity index (χ3v) is 6.95. The Labute approximate surface area is 220 Å². The number of halogens is 2. The van der Waals surface area contributed by atoms with Crippen molar-refractivity contribution < 1.29 is 9.66 Å². The summed E-state index contributed by atoms with van der Waals surface area (Å²) in [6.45, 7) is 0.296. The van der Waals surface area contributed by atoms with Crippen LogP contribution < -0.4 is 4.74 Å². The zero-order valence-electron chi connectivity index (χ0n) is 16.8. The zero-order valence-corrected chi connectivity index (χ0v) is 21.9. The molecule has 1 N–H and O–H groups in total. The number of imidazole rings is 1. The van der Waals surface area contributed by atoms with Crippen molar-refractivity contribution in [2.45, 2.75) is 11.8 Å². The molecule has 0 amide bonds. The Kier molecular flexibility index (Phi) is 7.51. The minimum absolute atomic E-state index is 0.0489. The lowest BCUT2D eigenvalue weighted by Crippen LogP contribution is -2.00. The highest BCUT2D eigenvalue weighted by molar-refractivity contribution is 14.1. The van der Waals surface area contributed by atoms with Crippen molar-refractivity contribution in [2.24, 2.45) is 0 Å². The Bertz CT molecular complexity index is 1360. The van der Waals surface area contributed by atoms with E-state index in [1.165, 1.54) is 23.9 Å². The van der Waals surface area contributed by atoms with E-state index in [2.05, 4.69) is 61.2 Å². The van der Waals surface area contributed by atoms with Crippen molar-refractivity contribution in [2.75, 3.05) is 0 Å². The van der Waals surface area contributed by atoms with E-state index >= 15 is 0 Å². The molecule has 0 saturated carbocycles. The molecule has 1 aromatic heterocycles.